The highest BCUT2D eigenvalue weighted by atomic mass is 32.2. The van der Waals surface area contributed by atoms with Crippen LogP contribution in [0.1, 0.15) is 23.6 Å². The molecule has 0 saturated heterocycles. The normalized spacial score (nSPS) is 11.9. The number of benzene rings is 3. The summed E-state index contributed by atoms with van der Waals surface area (Å²) in [5, 5.41) is 0. The van der Waals surface area contributed by atoms with Crippen molar-refractivity contribution in [3.8, 4) is 0 Å². The monoisotopic (exact) mass is 437 g/mol. The minimum atomic E-state index is -4.03. The molecule has 0 atom stereocenters. The first-order valence-corrected chi connectivity index (χ1v) is 11.7. The molecule has 0 spiro atoms. The second-order valence-electron chi connectivity index (χ2n) is 6.91. The molecule has 1 amide bonds. The molecule has 0 fully saturated rings. The van der Waals surface area contributed by atoms with Crippen LogP contribution >= 0.6 is 11.8 Å². The van der Waals surface area contributed by atoms with Crippen LogP contribution in [-0.2, 0) is 14.8 Å². The average molecular weight is 438 g/mol. The lowest BCUT2D eigenvalue weighted by Crippen LogP contribution is -2.30. The number of sulfonamides is 1. The van der Waals surface area contributed by atoms with Gasteiger partial charge in [-0.2, -0.15) is 0 Å². The number of hydrogen-bond acceptors (Lipinski definition) is 4. The van der Waals surface area contributed by atoms with E-state index in [-0.39, 0.29) is 4.90 Å². The van der Waals surface area contributed by atoms with Gasteiger partial charge in [0.2, 0.25) is 5.91 Å². The van der Waals surface area contributed by atoms with Gasteiger partial charge >= 0.3 is 0 Å². The fraction of sp³-hybridized carbons (Fsp3) is 0.125. The third-order valence-corrected chi connectivity index (χ3v) is 7.25. The number of rotatable bonds is 6. The van der Waals surface area contributed by atoms with Gasteiger partial charge in [0.15, 0.2) is 0 Å². The van der Waals surface area contributed by atoms with E-state index in [0.29, 0.717) is 4.91 Å². The van der Waals surface area contributed by atoms with Gasteiger partial charge in [-0.15, -0.1) is 0 Å². The topological polar surface area (TPSA) is 54.5 Å². The summed E-state index contributed by atoms with van der Waals surface area (Å²) in [6.45, 7) is 5.12. The predicted molar refractivity (Wildman–Crippen MR) is 122 cm³/mol. The molecule has 0 radical (unpaired) electrons. The van der Waals surface area contributed by atoms with Gasteiger partial charge < -0.3 is 0 Å². The number of nitrogens with zero attached hydrogens (tertiary/aromatic N) is 1. The summed E-state index contributed by atoms with van der Waals surface area (Å²) >= 11 is 1.41. The van der Waals surface area contributed by atoms with Crippen molar-refractivity contribution in [2.75, 3.05) is 0 Å². The lowest BCUT2D eigenvalue weighted by Gasteiger charge is -2.19. The Morgan fingerprint density at radius 1 is 0.833 bits per heavy atom. The Kier molecular flexibility index (Phi) is 6.80. The van der Waals surface area contributed by atoms with Crippen molar-refractivity contribution < 1.29 is 13.2 Å². The SMILES string of the molecule is CC(=O)N(/C=C(\Sc1ccccc1)c1ccc(C)cc1)S(=O)(=O)c1ccc(C)cc1. The summed E-state index contributed by atoms with van der Waals surface area (Å²) in [6, 6.07) is 23.9. The Morgan fingerprint density at radius 3 is 1.90 bits per heavy atom. The molecule has 154 valence electrons. The van der Waals surface area contributed by atoms with Crippen molar-refractivity contribution in [2.45, 2.75) is 30.6 Å². The highest BCUT2D eigenvalue weighted by Gasteiger charge is 2.26. The van der Waals surface area contributed by atoms with E-state index in [1.54, 1.807) is 12.1 Å². The van der Waals surface area contributed by atoms with Crippen LogP contribution in [0.5, 0.6) is 0 Å². The third-order valence-electron chi connectivity index (χ3n) is 4.43. The predicted octanol–water partition coefficient (Wildman–Crippen LogP) is 5.63. The summed E-state index contributed by atoms with van der Waals surface area (Å²) in [4.78, 5) is 14.1. The lowest BCUT2D eigenvalue weighted by molar-refractivity contribution is -0.122. The molecule has 0 N–H and O–H groups in total. The molecule has 0 unspecified atom stereocenters. The van der Waals surface area contributed by atoms with Crippen molar-refractivity contribution in [1.82, 2.24) is 4.31 Å². The van der Waals surface area contributed by atoms with Crippen LogP contribution in [0.4, 0.5) is 0 Å². The molecule has 0 aliphatic carbocycles. The molecular weight excluding hydrogens is 414 g/mol. The molecule has 3 rings (SSSR count). The molecular formula is C24H23NO3S2. The third kappa shape index (κ3) is 5.20. The van der Waals surface area contributed by atoms with Gasteiger partial charge in [0.1, 0.15) is 0 Å². The molecule has 0 bridgehead atoms. The van der Waals surface area contributed by atoms with Crippen molar-refractivity contribution >= 4 is 32.6 Å². The highest BCUT2D eigenvalue weighted by Crippen LogP contribution is 2.35. The second-order valence-corrected chi connectivity index (χ2v) is 9.84. The molecule has 3 aromatic rings. The van der Waals surface area contributed by atoms with Gasteiger partial charge in [0.25, 0.3) is 10.0 Å². The van der Waals surface area contributed by atoms with Crippen LogP contribution < -0.4 is 0 Å². The zero-order chi connectivity index (χ0) is 21.7. The van der Waals surface area contributed by atoms with Crippen molar-refractivity contribution in [1.29, 1.82) is 0 Å². The number of carbonyl (C=O) groups is 1. The molecule has 0 aromatic heterocycles. The van der Waals surface area contributed by atoms with Crippen molar-refractivity contribution in [2.24, 2.45) is 0 Å². The number of thioether (sulfide) groups is 1. The van der Waals surface area contributed by atoms with E-state index >= 15 is 0 Å². The average Bonchev–Trinajstić information content (AvgIpc) is 2.72. The second kappa shape index (κ2) is 9.32. The van der Waals surface area contributed by atoms with Gasteiger partial charge in [0.05, 0.1) is 4.90 Å². The van der Waals surface area contributed by atoms with Crippen LogP contribution in [-0.4, -0.2) is 18.6 Å². The van der Waals surface area contributed by atoms with E-state index in [4.69, 9.17) is 0 Å². The maximum Gasteiger partial charge on any atom is 0.270 e. The molecule has 0 aliphatic rings. The smallest absolute Gasteiger partial charge is 0.270 e. The van der Waals surface area contributed by atoms with Crippen LogP contribution in [0, 0.1) is 13.8 Å². The summed E-state index contributed by atoms with van der Waals surface area (Å²) < 4.78 is 27.2. The molecule has 4 nitrogen and oxygen atoms in total. The number of amides is 1. The van der Waals surface area contributed by atoms with E-state index in [1.165, 1.54) is 37.0 Å². The summed E-state index contributed by atoms with van der Waals surface area (Å²) in [7, 11) is -4.03. The molecule has 0 saturated carbocycles. The zero-order valence-corrected chi connectivity index (χ0v) is 18.7. The first kappa shape index (κ1) is 21.9. The fourth-order valence-corrected chi connectivity index (χ4v) is 5.07. The zero-order valence-electron chi connectivity index (χ0n) is 17.1. The highest BCUT2D eigenvalue weighted by molar-refractivity contribution is 8.08. The molecule has 0 heterocycles. The maximum absolute atomic E-state index is 13.2. The number of aryl methyl sites for hydroxylation is 2. The summed E-state index contributed by atoms with van der Waals surface area (Å²) in [5.41, 5.74) is 2.87. The van der Waals surface area contributed by atoms with Gasteiger partial charge in [-0.3, -0.25) is 4.79 Å². The number of hydrogen-bond donors (Lipinski definition) is 0. The van der Waals surface area contributed by atoms with Gasteiger partial charge in [0, 0.05) is 22.9 Å². The Labute approximate surface area is 182 Å². The van der Waals surface area contributed by atoms with Gasteiger partial charge in [-0.25, -0.2) is 12.7 Å². The molecule has 6 heteroatoms. The first-order valence-electron chi connectivity index (χ1n) is 9.41. The van der Waals surface area contributed by atoms with Crippen LogP contribution in [0.15, 0.2) is 94.9 Å². The molecule has 30 heavy (non-hydrogen) atoms. The van der Waals surface area contributed by atoms with Crippen LogP contribution in [0.3, 0.4) is 0 Å². The van der Waals surface area contributed by atoms with Gasteiger partial charge in [-0.05, 0) is 43.7 Å². The van der Waals surface area contributed by atoms with Crippen molar-refractivity contribution in [3.63, 3.8) is 0 Å². The van der Waals surface area contributed by atoms with Crippen LogP contribution in [0.25, 0.3) is 4.91 Å². The van der Waals surface area contributed by atoms with E-state index in [9.17, 15) is 13.2 Å². The standard InChI is InChI=1S/C24H23NO3S2/c1-18-9-13-21(14-10-18)24(29-22-7-5-4-6-8-22)17-25(20(3)26)30(27,28)23-15-11-19(2)12-16-23/h4-17H,1-3H3/b24-17-. The van der Waals surface area contributed by atoms with Crippen molar-refractivity contribution in [3.05, 3.63) is 102 Å². The van der Waals surface area contributed by atoms with E-state index < -0.39 is 15.9 Å². The summed E-state index contributed by atoms with van der Waals surface area (Å²) in [5.74, 6) is -0.575. The largest absolute Gasteiger partial charge is 0.274 e. The minimum absolute atomic E-state index is 0.0764. The Morgan fingerprint density at radius 2 is 1.37 bits per heavy atom. The Bertz CT molecular complexity index is 1150. The fourth-order valence-electron chi connectivity index (χ4n) is 2.75. The quantitative estimate of drug-likeness (QED) is 0.469. The van der Waals surface area contributed by atoms with Crippen LogP contribution in [0.2, 0.25) is 0 Å². The molecule has 0 aliphatic heterocycles. The molecule has 3 aromatic carbocycles. The minimum Gasteiger partial charge on any atom is -0.274 e. The van der Waals surface area contributed by atoms with E-state index in [0.717, 1.165) is 25.9 Å². The van der Waals surface area contributed by atoms with Gasteiger partial charge in [-0.1, -0.05) is 77.5 Å². The lowest BCUT2D eigenvalue weighted by atomic mass is 10.1. The van der Waals surface area contributed by atoms with E-state index in [1.807, 2.05) is 68.4 Å². The Balaban J connectivity index is 2.10. The number of carbonyl (C=O) groups excluding carboxylic acids is 1. The Hall–Kier alpha value is -2.83. The maximum atomic E-state index is 13.2. The van der Waals surface area contributed by atoms with E-state index in [2.05, 4.69) is 0 Å². The first-order chi connectivity index (χ1) is 14.3. The summed E-state index contributed by atoms with van der Waals surface area (Å²) in [6.07, 6.45) is 1.42.